The summed E-state index contributed by atoms with van der Waals surface area (Å²) in [7, 11) is 0. The lowest BCUT2D eigenvalue weighted by atomic mass is 10.1. The second-order valence-electron chi connectivity index (χ2n) is 5.50. The Morgan fingerprint density at radius 1 is 1.57 bits per heavy atom. The van der Waals surface area contributed by atoms with Crippen LogP contribution in [0.15, 0.2) is 18.2 Å². The van der Waals surface area contributed by atoms with Crippen LogP contribution in [0.3, 0.4) is 0 Å². The molecule has 0 bridgehead atoms. The van der Waals surface area contributed by atoms with E-state index >= 15 is 0 Å². The second kappa shape index (κ2) is 7.11. The molecule has 1 aromatic carbocycles. The van der Waals surface area contributed by atoms with Gasteiger partial charge in [-0.1, -0.05) is 25.4 Å². The number of benzene rings is 1. The van der Waals surface area contributed by atoms with Crippen LogP contribution in [-0.4, -0.2) is 37.7 Å². The van der Waals surface area contributed by atoms with E-state index in [-0.39, 0.29) is 5.91 Å². The van der Waals surface area contributed by atoms with Gasteiger partial charge in [-0.2, -0.15) is 0 Å². The summed E-state index contributed by atoms with van der Waals surface area (Å²) >= 11 is 6.11. The molecule has 1 amide bonds. The molecule has 21 heavy (non-hydrogen) atoms. The van der Waals surface area contributed by atoms with Gasteiger partial charge in [0.15, 0.2) is 0 Å². The number of rotatable bonds is 5. The summed E-state index contributed by atoms with van der Waals surface area (Å²) in [5.41, 5.74) is 7.54. The van der Waals surface area contributed by atoms with Crippen LogP contribution in [0.2, 0.25) is 5.02 Å². The molecule has 3 N–H and O–H groups in total. The van der Waals surface area contributed by atoms with Crippen LogP contribution >= 0.6 is 11.6 Å². The first-order chi connectivity index (χ1) is 9.99. The highest BCUT2D eigenvalue weighted by Gasteiger charge is 2.29. The van der Waals surface area contributed by atoms with Gasteiger partial charge in [0.1, 0.15) is 6.04 Å². The number of nitrogens with two attached hydrogens (primary N) is 1. The Morgan fingerprint density at radius 3 is 3.00 bits per heavy atom. The molecule has 0 radical (unpaired) electrons. The van der Waals surface area contributed by atoms with Crippen molar-refractivity contribution < 1.29 is 9.53 Å². The van der Waals surface area contributed by atoms with Gasteiger partial charge < -0.3 is 20.7 Å². The summed E-state index contributed by atoms with van der Waals surface area (Å²) < 4.78 is 5.37. The van der Waals surface area contributed by atoms with Crippen molar-refractivity contribution in [3.63, 3.8) is 0 Å². The number of ether oxygens (including phenoxy) is 1. The number of nitrogens with one attached hydrogen (secondary N) is 1. The third kappa shape index (κ3) is 4.09. The van der Waals surface area contributed by atoms with Gasteiger partial charge in [-0.25, -0.2) is 0 Å². The van der Waals surface area contributed by atoms with E-state index in [0.29, 0.717) is 37.4 Å². The monoisotopic (exact) mass is 311 g/mol. The fourth-order valence-electron chi connectivity index (χ4n) is 2.42. The topological polar surface area (TPSA) is 67.6 Å². The average Bonchev–Trinajstić information content (AvgIpc) is 2.45. The van der Waals surface area contributed by atoms with Gasteiger partial charge >= 0.3 is 0 Å². The number of halogens is 1. The quantitative estimate of drug-likeness (QED) is 0.865. The third-order valence-corrected chi connectivity index (χ3v) is 3.74. The Labute approximate surface area is 130 Å². The largest absolute Gasteiger partial charge is 0.377 e. The fourth-order valence-corrected chi connectivity index (χ4v) is 2.61. The SMILES string of the molecule is CC(C)NCc1cc(Cl)ccc1N1CCOCC1C(N)=O. The van der Waals surface area contributed by atoms with Gasteiger partial charge in [0, 0.05) is 29.8 Å². The molecular formula is C15H22ClN3O2. The van der Waals surface area contributed by atoms with Gasteiger partial charge in [-0.05, 0) is 23.8 Å². The van der Waals surface area contributed by atoms with E-state index < -0.39 is 6.04 Å². The maximum atomic E-state index is 11.6. The number of anilines is 1. The molecule has 2 rings (SSSR count). The van der Waals surface area contributed by atoms with Crippen LogP contribution in [-0.2, 0) is 16.1 Å². The molecule has 0 spiro atoms. The van der Waals surface area contributed by atoms with Crippen LogP contribution < -0.4 is 16.0 Å². The predicted molar refractivity (Wildman–Crippen MR) is 84.6 cm³/mol. The minimum Gasteiger partial charge on any atom is -0.377 e. The number of morpholine rings is 1. The molecule has 116 valence electrons. The molecule has 0 aliphatic carbocycles. The third-order valence-electron chi connectivity index (χ3n) is 3.51. The van der Waals surface area contributed by atoms with E-state index in [4.69, 9.17) is 22.1 Å². The van der Waals surface area contributed by atoms with Crippen molar-refractivity contribution in [3.05, 3.63) is 28.8 Å². The zero-order valence-corrected chi connectivity index (χ0v) is 13.2. The molecule has 1 atom stereocenters. The van der Waals surface area contributed by atoms with Crippen molar-refractivity contribution in [2.75, 3.05) is 24.7 Å². The van der Waals surface area contributed by atoms with Crippen LogP contribution in [0, 0.1) is 0 Å². The van der Waals surface area contributed by atoms with E-state index in [0.717, 1.165) is 11.3 Å². The van der Waals surface area contributed by atoms with E-state index in [1.807, 2.05) is 23.1 Å². The lowest BCUT2D eigenvalue weighted by Gasteiger charge is -2.36. The van der Waals surface area contributed by atoms with Crippen LogP contribution in [0.25, 0.3) is 0 Å². The van der Waals surface area contributed by atoms with Gasteiger partial charge in [-0.3, -0.25) is 4.79 Å². The first-order valence-corrected chi connectivity index (χ1v) is 7.52. The molecule has 1 aromatic rings. The molecule has 6 heteroatoms. The summed E-state index contributed by atoms with van der Waals surface area (Å²) in [5, 5.41) is 4.06. The summed E-state index contributed by atoms with van der Waals surface area (Å²) in [6.07, 6.45) is 0. The van der Waals surface area contributed by atoms with Crippen LogP contribution in [0.1, 0.15) is 19.4 Å². The normalized spacial score (nSPS) is 19.0. The zero-order valence-electron chi connectivity index (χ0n) is 12.4. The van der Waals surface area contributed by atoms with Crippen LogP contribution in [0.5, 0.6) is 0 Å². The van der Waals surface area contributed by atoms with Crippen molar-refractivity contribution in [2.45, 2.75) is 32.5 Å². The van der Waals surface area contributed by atoms with E-state index in [9.17, 15) is 4.79 Å². The molecule has 1 aliphatic heterocycles. The van der Waals surface area contributed by atoms with Crippen molar-refractivity contribution in [1.29, 1.82) is 0 Å². The zero-order chi connectivity index (χ0) is 15.4. The van der Waals surface area contributed by atoms with E-state index in [1.165, 1.54) is 0 Å². The maximum Gasteiger partial charge on any atom is 0.242 e. The Bertz CT molecular complexity index is 508. The minimum atomic E-state index is -0.433. The summed E-state index contributed by atoms with van der Waals surface area (Å²) in [4.78, 5) is 13.7. The summed E-state index contributed by atoms with van der Waals surface area (Å²) in [5.74, 6) is -0.368. The molecule has 0 saturated carbocycles. The number of nitrogens with zero attached hydrogens (tertiary/aromatic N) is 1. The molecule has 1 heterocycles. The van der Waals surface area contributed by atoms with E-state index in [1.54, 1.807) is 0 Å². The summed E-state index contributed by atoms with van der Waals surface area (Å²) in [6, 6.07) is 5.65. The smallest absolute Gasteiger partial charge is 0.242 e. The Kier molecular flexibility index (Phi) is 5.45. The number of carbonyl (C=O) groups excluding carboxylic acids is 1. The lowest BCUT2D eigenvalue weighted by Crippen LogP contribution is -2.53. The molecule has 1 unspecified atom stereocenters. The minimum absolute atomic E-state index is 0.328. The number of amides is 1. The predicted octanol–water partition coefficient (Wildman–Crippen LogP) is 1.53. The lowest BCUT2D eigenvalue weighted by molar-refractivity contribution is -0.121. The fraction of sp³-hybridized carbons (Fsp3) is 0.533. The van der Waals surface area contributed by atoms with Crippen molar-refractivity contribution >= 4 is 23.2 Å². The van der Waals surface area contributed by atoms with E-state index in [2.05, 4.69) is 19.2 Å². The highest BCUT2D eigenvalue weighted by molar-refractivity contribution is 6.30. The standard InChI is InChI=1S/C15H22ClN3O2/c1-10(2)18-8-11-7-12(16)3-4-13(11)19-5-6-21-9-14(19)15(17)20/h3-4,7,10,14,18H,5-6,8-9H2,1-2H3,(H2,17,20). The Balaban J connectivity index is 2.29. The van der Waals surface area contributed by atoms with Crippen LogP contribution in [0.4, 0.5) is 5.69 Å². The first kappa shape index (κ1) is 16.1. The summed E-state index contributed by atoms with van der Waals surface area (Å²) in [6.45, 7) is 6.43. The molecule has 0 aromatic heterocycles. The molecule has 1 aliphatic rings. The van der Waals surface area contributed by atoms with Gasteiger partial charge in [0.2, 0.25) is 5.91 Å². The highest BCUT2D eigenvalue weighted by atomic mass is 35.5. The van der Waals surface area contributed by atoms with Crippen molar-refractivity contribution in [1.82, 2.24) is 5.32 Å². The van der Waals surface area contributed by atoms with Gasteiger partial charge in [0.25, 0.3) is 0 Å². The molecule has 1 fully saturated rings. The second-order valence-corrected chi connectivity index (χ2v) is 5.93. The highest BCUT2D eigenvalue weighted by Crippen LogP contribution is 2.27. The Hall–Kier alpha value is -1.30. The van der Waals surface area contributed by atoms with Gasteiger partial charge in [-0.15, -0.1) is 0 Å². The maximum absolute atomic E-state index is 11.6. The molecule has 1 saturated heterocycles. The van der Waals surface area contributed by atoms with Gasteiger partial charge in [0.05, 0.1) is 13.2 Å². The molecular weight excluding hydrogens is 290 g/mol. The first-order valence-electron chi connectivity index (χ1n) is 7.14. The number of hydrogen-bond donors (Lipinski definition) is 2. The van der Waals surface area contributed by atoms with Crippen molar-refractivity contribution in [2.24, 2.45) is 5.73 Å². The van der Waals surface area contributed by atoms with Crippen molar-refractivity contribution in [3.8, 4) is 0 Å². The average molecular weight is 312 g/mol. The molecule has 5 nitrogen and oxygen atoms in total. The Morgan fingerprint density at radius 2 is 2.33 bits per heavy atom. The number of carbonyl (C=O) groups is 1. The number of hydrogen-bond acceptors (Lipinski definition) is 4. The number of primary amides is 1.